The lowest BCUT2D eigenvalue weighted by molar-refractivity contribution is 0.0954. The highest BCUT2D eigenvalue weighted by molar-refractivity contribution is 14.1. The van der Waals surface area contributed by atoms with Crippen LogP contribution in [0.4, 0.5) is 0 Å². The lowest BCUT2D eigenvalue weighted by Gasteiger charge is -2.07. The van der Waals surface area contributed by atoms with Gasteiger partial charge in [-0.05, 0) is 46.9 Å². The number of aromatic hydroxyl groups is 1. The summed E-state index contributed by atoms with van der Waals surface area (Å²) < 4.78 is 10.8. The SMILES string of the molecule is COc1cc(OC)cc(C(=O)NN=Cc2cc(Cl)cc(I)c2O)c1. The fourth-order valence-corrected chi connectivity index (χ4v) is 2.91. The third-order valence-corrected chi connectivity index (χ3v) is 4.08. The van der Waals surface area contributed by atoms with Crippen molar-refractivity contribution in [3.63, 3.8) is 0 Å². The van der Waals surface area contributed by atoms with Gasteiger partial charge in [-0.3, -0.25) is 4.79 Å². The van der Waals surface area contributed by atoms with E-state index < -0.39 is 5.91 Å². The third kappa shape index (κ3) is 4.51. The zero-order valence-corrected chi connectivity index (χ0v) is 15.8. The van der Waals surface area contributed by atoms with Gasteiger partial charge < -0.3 is 14.6 Å². The number of nitrogens with zero attached hydrogens (tertiary/aromatic N) is 1. The van der Waals surface area contributed by atoms with Gasteiger partial charge in [-0.25, -0.2) is 5.43 Å². The van der Waals surface area contributed by atoms with E-state index in [0.29, 0.717) is 31.2 Å². The number of rotatable bonds is 5. The van der Waals surface area contributed by atoms with Gasteiger partial charge in [-0.1, -0.05) is 11.6 Å². The number of carbonyl (C=O) groups is 1. The molecular formula is C16H14ClIN2O4. The van der Waals surface area contributed by atoms with Crippen molar-refractivity contribution in [3.8, 4) is 17.2 Å². The van der Waals surface area contributed by atoms with E-state index in [9.17, 15) is 9.90 Å². The first-order valence-electron chi connectivity index (χ1n) is 6.69. The molecule has 0 saturated carbocycles. The van der Waals surface area contributed by atoms with Gasteiger partial charge in [-0.15, -0.1) is 0 Å². The monoisotopic (exact) mass is 460 g/mol. The van der Waals surface area contributed by atoms with Crippen molar-refractivity contribution in [2.75, 3.05) is 14.2 Å². The molecule has 0 aliphatic heterocycles. The number of methoxy groups -OCH3 is 2. The Bertz CT molecular complexity index is 774. The van der Waals surface area contributed by atoms with E-state index in [0.717, 1.165) is 0 Å². The molecule has 1 amide bonds. The second kappa shape index (κ2) is 8.20. The summed E-state index contributed by atoms with van der Waals surface area (Å²) in [4.78, 5) is 12.2. The van der Waals surface area contributed by atoms with Crippen molar-refractivity contribution >= 4 is 46.3 Å². The van der Waals surface area contributed by atoms with Gasteiger partial charge in [0.2, 0.25) is 0 Å². The topological polar surface area (TPSA) is 80.2 Å². The molecule has 126 valence electrons. The van der Waals surface area contributed by atoms with E-state index >= 15 is 0 Å². The Morgan fingerprint density at radius 1 is 1.21 bits per heavy atom. The fraction of sp³-hybridized carbons (Fsp3) is 0.125. The minimum Gasteiger partial charge on any atom is -0.506 e. The molecule has 2 aromatic rings. The highest BCUT2D eigenvalue weighted by Crippen LogP contribution is 2.27. The Hall–Kier alpha value is -2.00. The molecule has 24 heavy (non-hydrogen) atoms. The van der Waals surface area contributed by atoms with Crippen molar-refractivity contribution in [1.82, 2.24) is 5.43 Å². The van der Waals surface area contributed by atoms with Gasteiger partial charge in [0.25, 0.3) is 5.91 Å². The Labute approximate surface area is 157 Å². The number of hydrogen-bond donors (Lipinski definition) is 2. The van der Waals surface area contributed by atoms with Crippen LogP contribution in [0.2, 0.25) is 5.02 Å². The number of carbonyl (C=O) groups excluding carboxylic acids is 1. The van der Waals surface area contributed by atoms with Crippen molar-refractivity contribution < 1.29 is 19.4 Å². The predicted octanol–water partition coefficient (Wildman–Crippen LogP) is 3.43. The van der Waals surface area contributed by atoms with Crippen LogP contribution in [0.5, 0.6) is 17.2 Å². The molecule has 0 saturated heterocycles. The van der Waals surface area contributed by atoms with E-state index in [1.165, 1.54) is 20.4 Å². The summed E-state index contributed by atoms with van der Waals surface area (Å²) in [6, 6.07) is 7.95. The van der Waals surface area contributed by atoms with Crippen LogP contribution >= 0.6 is 34.2 Å². The van der Waals surface area contributed by atoms with Crippen LogP contribution in [0.25, 0.3) is 0 Å². The Morgan fingerprint density at radius 3 is 2.42 bits per heavy atom. The average Bonchev–Trinajstić information content (AvgIpc) is 2.58. The first kappa shape index (κ1) is 18.3. The Kier molecular flexibility index (Phi) is 6.27. The van der Waals surface area contributed by atoms with Crippen LogP contribution in [-0.4, -0.2) is 31.4 Å². The fourth-order valence-electron chi connectivity index (χ4n) is 1.85. The predicted molar refractivity (Wildman–Crippen MR) is 100 cm³/mol. The van der Waals surface area contributed by atoms with Gasteiger partial charge in [-0.2, -0.15) is 5.10 Å². The largest absolute Gasteiger partial charge is 0.506 e. The van der Waals surface area contributed by atoms with E-state index in [1.807, 2.05) is 22.6 Å². The minimum atomic E-state index is -0.445. The first-order valence-corrected chi connectivity index (χ1v) is 8.14. The van der Waals surface area contributed by atoms with E-state index in [1.54, 1.807) is 30.3 Å². The molecule has 0 bridgehead atoms. The number of benzene rings is 2. The Morgan fingerprint density at radius 2 is 1.83 bits per heavy atom. The number of halogens is 2. The van der Waals surface area contributed by atoms with Crippen LogP contribution in [0.1, 0.15) is 15.9 Å². The summed E-state index contributed by atoms with van der Waals surface area (Å²) in [6.07, 6.45) is 1.32. The Balaban J connectivity index is 2.16. The molecule has 0 spiro atoms. The van der Waals surface area contributed by atoms with E-state index in [2.05, 4.69) is 10.5 Å². The zero-order chi connectivity index (χ0) is 17.7. The molecule has 0 fully saturated rings. The molecule has 0 aromatic heterocycles. The van der Waals surface area contributed by atoms with Gasteiger partial charge >= 0.3 is 0 Å². The average molecular weight is 461 g/mol. The van der Waals surface area contributed by atoms with E-state index in [4.69, 9.17) is 21.1 Å². The van der Waals surface area contributed by atoms with Crippen molar-refractivity contribution in [2.24, 2.45) is 5.10 Å². The molecule has 2 rings (SSSR count). The quantitative estimate of drug-likeness (QED) is 0.407. The summed E-state index contributed by atoms with van der Waals surface area (Å²) in [7, 11) is 3.00. The molecular weight excluding hydrogens is 447 g/mol. The van der Waals surface area contributed by atoms with Crippen LogP contribution in [0, 0.1) is 3.57 Å². The maximum Gasteiger partial charge on any atom is 0.271 e. The summed E-state index contributed by atoms with van der Waals surface area (Å²) in [5.41, 5.74) is 3.10. The lowest BCUT2D eigenvalue weighted by atomic mass is 10.2. The van der Waals surface area contributed by atoms with Gasteiger partial charge in [0, 0.05) is 22.2 Å². The van der Waals surface area contributed by atoms with Crippen LogP contribution < -0.4 is 14.9 Å². The zero-order valence-electron chi connectivity index (χ0n) is 12.8. The van der Waals surface area contributed by atoms with Crippen molar-refractivity contribution in [2.45, 2.75) is 0 Å². The molecule has 0 heterocycles. The molecule has 0 aliphatic rings. The van der Waals surface area contributed by atoms with Crippen molar-refractivity contribution in [1.29, 1.82) is 0 Å². The maximum absolute atomic E-state index is 12.2. The highest BCUT2D eigenvalue weighted by atomic mass is 127. The summed E-state index contributed by atoms with van der Waals surface area (Å²) in [6.45, 7) is 0. The molecule has 0 radical (unpaired) electrons. The second-order valence-corrected chi connectivity index (χ2v) is 6.22. The van der Waals surface area contributed by atoms with Crippen LogP contribution in [0.3, 0.4) is 0 Å². The maximum atomic E-state index is 12.2. The molecule has 2 N–H and O–H groups in total. The number of hydrazone groups is 1. The van der Waals surface area contributed by atoms with Crippen LogP contribution in [0.15, 0.2) is 35.4 Å². The molecule has 0 aliphatic carbocycles. The summed E-state index contributed by atoms with van der Waals surface area (Å²) >= 11 is 7.89. The normalized spacial score (nSPS) is 10.7. The molecule has 0 unspecified atom stereocenters. The number of ether oxygens (including phenoxy) is 2. The first-order chi connectivity index (χ1) is 11.4. The second-order valence-electron chi connectivity index (χ2n) is 4.63. The molecule has 6 nitrogen and oxygen atoms in total. The van der Waals surface area contributed by atoms with Gasteiger partial charge in [0.05, 0.1) is 24.0 Å². The molecule has 8 heteroatoms. The number of hydrogen-bond acceptors (Lipinski definition) is 5. The summed E-state index contributed by atoms with van der Waals surface area (Å²) in [5.74, 6) is 0.580. The number of nitrogens with one attached hydrogen (secondary N) is 1. The highest BCUT2D eigenvalue weighted by Gasteiger charge is 2.10. The van der Waals surface area contributed by atoms with Crippen LogP contribution in [-0.2, 0) is 0 Å². The number of phenolic OH excluding ortho intramolecular Hbond substituents is 1. The minimum absolute atomic E-state index is 0.0426. The molecule has 0 atom stereocenters. The van der Waals surface area contributed by atoms with Gasteiger partial charge in [0.1, 0.15) is 17.2 Å². The van der Waals surface area contributed by atoms with Gasteiger partial charge in [0.15, 0.2) is 0 Å². The third-order valence-electron chi connectivity index (χ3n) is 3.04. The number of phenols is 1. The molecule has 2 aromatic carbocycles. The smallest absolute Gasteiger partial charge is 0.271 e. The lowest BCUT2D eigenvalue weighted by Crippen LogP contribution is -2.17. The number of amides is 1. The van der Waals surface area contributed by atoms with E-state index in [-0.39, 0.29) is 5.75 Å². The standard InChI is InChI=1S/C16H14ClIN2O4/c1-23-12-4-9(5-13(7-12)24-2)16(22)20-19-8-10-3-11(17)6-14(18)15(10)21/h3-8,21H,1-2H3,(H,20,22). The van der Waals surface area contributed by atoms with Crippen molar-refractivity contribution in [3.05, 3.63) is 50.1 Å². The summed E-state index contributed by atoms with van der Waals surface area (Å²) in [5, 5.41) is 14.2.